The van der Waals surface area contributed by atoms with E-state index < -0.39 is 0 Å². The maximum atomic E-state index is 12.8. The molecule has 2 saturated heterocycles. The molecule has 1 N–H and O–H groups in total. The molecular formula is C24H37N7O2. The number of carbonyl (C=O) groups excluding carboxylic acids is 1. The van der Waals surface area contributed by atoms with Crippen LogP contribution in [0.4, 0.5) is 5.82 Å². The molecule has 0 aromatic carbocycles. The summed E-state index contributed by atoms with van der Waals surface area (Å²) in [5, 5.41) is 3.14. The third kappa shape index (κ3) is 5.70. The molecule has 180 valence electrons. The van der Waals surface area contributed by atoms with Crippen LogP contribution in [0.1, 0.15) is 32.6 Å². The number of nitrogens with one attached hydrogen (secondary N) is 1. The number of hydrogen-bond donors (Lipinski definition) is 1. The topological polar surface area (TPSA) is 86.6 Å². The summed E-state index contributed by atoms with van der Waals surface area (Å²) < 4.78 is 1.56. The fourth-order valence-electron chi connectivity index (χ4n) is 4.91. The van der Waals surface area contributed by atoms with Crippen LogP contribution in [-0.2, 0) is 11.8 Å². The number of rotatable bonds is 8. The molecular weight excluding hydrogens is 418 g/mol. The Balaban J connectivity index is 1.20. The average molecular weight is 456 g/mol. The molecule has 0 unspecified atom stereocenters. The lowest BCUT2D eigenvalue weighted by Gasteiger charge is -2.34. The Hall–Kier alpha value is -2.52. The van der Waals surface area contributed by atoms with E-state index in [2.05, 4.69) is 32.0 Å². The normalized spacial score (nSPS) is 18.7. The monoisotopic (exact) mass is 455 g/mol. The predicted molar refractivity (Wildman–Crippen MR) is 131 cm³/mol. The first-order valence-electron chi connectivity index (χ1n) is 12.4. The van der Waals surface area contributed by atoms with E-state index in [1.165, 1.54) is 13.0 Å². The van der Waals surface area contributed by atoms with Crippen molar-refractivity contribution in [2.24, 2.45) is 13.0 Å². The molecule has 1 amide bonds. The Morgan fingerprint density at radius 1 is 1.09 bits per heavy atom. The van der Waals surface area contributed by atoms with Crippen molar-refractivity contribution < 1.29 is 4.79 Å². The van der Waals surface area contributed by atoms with Crippen LogP contribution in [0.3, 0.4) is 0 Å². The van der Waals surface area contributed by atoms with Crippen molar-refractivity contribution in [3.63, 3.8) is 0 Å². The summed E-state index contributed by atoms with van der Waals surface area (Å²) in [4.78, 5) is 41.3. The first-order valence-corrected chi connectivity index (χ1v) is 12.4. The summed E-state index contributed by atoms with van der Waals surface area (Å²) in [5.74, 6) is 0.603. The highest BCUT2D eigenvalue weighted by atomic mass is 16.2. The molecule has 0 atom stereocenters. The Bertz CT molecular complexity index is 992. The maximum absolute atomic E-state index is 12.8. The lowest BCUT2D eigenvalue weighted by molar-refractivity contribution is -0.125. The lowest BCUT2D eigenvalue weighted by Crippen LogP contribution is -2.47. The highest BCUT2D eigenvalue weighted by molar-refractivity contribution is 5.79. The van der Waals surface area contributed by atoms with E-state index >= 15 is 0 Å². The molecule has 2 fully saturated rings. The Kier molecular flexibility index (Phi) is 7.93. The first-order chi connectivity index (χ1) is 16.1. The minimum Gasteiger partial charge on any atom is -0.356 e. The van der Waals surface area contributed by atoms with Crippen molar-refractivity contribution in [1.29, 1.82) is 0 Å². The number of aryl methyl sites for hydroxylation is 1. The van der Waals surface area contributed by atoms with Crippen molar-refractivity contribution in [2.75, 3.05) is 63.8 Å². The summed E-state index contributed by atoms with van der Waals surface area (Å²) in [5.41, 5.74) is 1.16. The second-order valence-corrected chi connectivity index (χ2v) is 9.23. The zero-order valence-corrected chi connectivity index (χ0v) is 20.0. The number of anilines is 1. The number of amides is 1. The minimum absolute atomic E-state index is 0.00446. The van der Waals surface area contributed by atoms with Crippen LogP contribution < -0.4 is 15.8 Å². The van der Waals surface area contributed by atoms with Gasteiger partial charge in [-0.05, 0) is 50.9 Å². The van der Waals surface area contributed by atoms with Crippen molar-refractivity contribution in [3.05, 3.63) is 28.7 Å². The molecule has 9 nitrogen and oxygen atoms in total. The molecule has 4 heterocycles. The molecule has 2 aromatic rings. The number of nitrogens with zero attached hydrogens (tertiary/aromatic N) is 6. The van der Waals surface area contributed by atoms with Gasteiger partial charge in [0.05, 0.1) is 0 Å². The van der Waals surface area contributed by atoms with E-state index in [1.54, 1.807) is 17.8 Å². The van der Waals surface area contributed by atoms with Crippen LogP contribution >= 0.6 is 0 Å². The fraction of sp³-hybridized carbons (Fsp3) is 0.667. The van der Waals surface area contributed by atoms with Gasteiger partial charge in [0, 0.05) is 65.0 Å². The number of aromatic nitrogens is 3. The van der Waals surface area contributed by atoms with E-state index in [-0.39, 0.29) is 17.4 Å². The molecule has 2 aromatic heterocycles. The summed E-state index contributed by atoms with van der Waals surface area (Å²) >= 11 is 0. The van der Waals surface area contributed by atoms with Gasteiger partial charge in [0.1, 0.15) is 5.52 Å². The summed E-state index contributed by atoms with van der Waals surface area (Å²) in [6.07, 6.45) is 5.35. The Labute approximate surface area is 195 Å². The average Bonchev–Trinajstić information content (AvgIpc) is 2.85. The third-order valence-electron chi connectivity index (χ3n) is 6.93. The van der Waals surface area contributed by atoms with Crippen LogP contribution in [0.5, 0.6) is 0 Å². The molecule has 0 aliphatic carbocycles. The van der Waals surface area contributed by atoms with Crippen molar-refractivity contribution in [1.82, 2.24) is 29.7 Å². The number of pyridine rings is 1. The molecule has 9 heteroatoms. The summed E-state index contributed by atoms with van der Waals surface area (Å²) in [7, 11) is 1.73. The summed E-state index contributed by atoms with van der Waals surface area (Å²) in [6, 6.07) is 3.70. The second kappa shape index (κ2) is 11.1. The number of fused-ring (bicyclic) bond motifs is 1. The smallest absolute Gasteiger partial charge is 0.294 e. The number of hydrogen-bond acceptors (Lipinski definition) is 7. The van der Waals surface area contributed by atoms with Crippen LogP contribution in [0, 0.1) is 5.92 Å². The number of piperazine rings is 1. The van der Waals surface area contributed by atoms with E-state index in [0.717, 1.165) is 58.5 Å². The first kappa shape index (κ1) is 23.6. The van der Waals surface area contributed by atoms with E-state index in [1.807, 2.05) is 17.0 Å². The van der Waals surface area contributed by atoms with Gasteiger partial charge in [-0.3, -0.25) is 14.2 Å². The van der Waals surface area contributed by atoms with E-state index in [0.29, 0.717) is 30.1 Å². The molecule has 0 radical (unpaired) electrons. The largest absolute Gasteiger partial charge is 0.356 e. The molecule has 4 rings (SSSR count). The van der Waals surface area contributed by atoms with Gasteiger partial charge < -0.3 is 20.0 Å². The van der Waals surface area contributed by atoms with Crippen LogP contribution in [-0.4, -0.2) is 89.1 Å². The molecule has 0 saturated carbocycles. The van der Waals surface area contributed by atoms with Gasteiger partial charge in [0.25, 0.3) is 5.56 Å². The predicted octanol–water partition coefficient (Wildman–Crippen LogP) is 1.08. The van der Waals surface area contributed by atoms with Crippen molar-refractivity contribution in [2.45, 2.75) is 32.6 Å². The highest BCUT2D eigenvalue weighted by Gasteiger charge is 2.27. The molecule has 2 aliphatic heterocycles. The highest BCUT2D eigenvalue weighted by Crippen LogP contribution is 2.21. The van der Waals surface area contributed by atoms with Crippen molar-refractivity contribution in [3.8, 4) is 0 Å². The second-order valence-electron chi connectivity index (χ2n) is 9.23. The molecule has 33 heavy (non-hydrogen) atoms. The zero-order valence-electron chi connectivity index (χ0n) is 20.0. The molecule has 0 spiro atoms. The van der Waals surface area contributed by atoms with Gasteiger partial charge in [-0.15, -0.1) is 0 Å². The quantitative estimate of drug-likeness (QED) is 0.596. The standard InChI is InChI=1S/C24H37N7O2/c1-3-11-29-15-17-30(18-16-29)12-5-10-26-23(32)19-7-13-31(14-8-19)22-24(33)28(2)21-20(27-22)6-4-9-25-21/h4,6,9,19H,3,5,7-8,10-18H2,1-2H3,(H,26,32). The van der Waals surface area contributed by atoms with Crippen LogP contribution in [0.25, 0.3) is 11.2 Å². The Morgan fingerprint density at radius 2 is 1.79 bits per heavy atom. The van der Waals surface area contributed by atoms with Gasteiger partial charge in [0.15, 0.2) is 11.5 Å². The minimum atomic E-state index is -0.139. The van der Waals surface area contributed by atoms with Gasteiger partial charge in [0.2, 0.25) is 5.91 Å². The zero-order chi connectivity index (χ0) is 23.2. The SMILES string of the molecule is CCCN1CCN(CCCNC(=O)C2CCN(c3nc4cccnc4n(C)c3=O)CC2)CC1. The van der Waals surface area contributed by atoms with Gasteiger partial charge >= 0.3 is 0 Å². The van der Waals surface area contributed by atoms with Gasteiger partial charge in [-0.1, -0.05) is 6.92 Å². The number of piperidine rings is 1. The van der Waals surface area contributed by atoms with Crippen LogP contribution in [0.2, 0.25) is 0 Å². The molecule has 2 aliphatic rings. The van der Waals surface area contributed by atoms with Gasteiger partial charge in [-0.2, -0.15) is 0 Å². The Morgan fingerprint density at radius 3 is 2.48 bits per heavy atom. The van der Waals surface area contributed by atoms with Crippen molar-refractivity contribution >= 4 is 22.9 Å². The molecule has 0 bridgehead atoms. The van der Waals surface area contributed by atoms with Crippen LogP contribution in [0.15, 0.2) is 23.1 Å². The third-order valence-corrected chi connectivity index (χ3v) is 6.93. The fourth-order valence-corrected chi connectivity index (χ4v) is 4.91. The maximum Gasteiger partial charge on any atom is 0.294 e. The van der Waals surface area contributed by atoms with E-state index in [9.17, 15) is 9.59 Å². The summed E-state index contributed by atoms with van der Waals surface area (Å²) in [6.45, 7) is 11.1. The number of carbonyl (C=O) groups is 1. The van der Waals surface area contributed by atoms with Gasteiger partial charge in [-0.25, -0.2) is 9.97 Å². The van der Waals surface area contributed by atoms with E-state index in [4.69, 9.17) is 0 Å². The lowest BCUT2D eigenvalue weighted by atomic mass is 9.96.